The van der Waals surface area contributed by atoms with Crippen LogP contribution < -0.4 is 0 Å². The second-order valence-corrected chi connectivity index (χ2v) is 6.06. The summed E-state index contributed by atoms with van der Waals surface area (Å²) in [5.74, 6) is 0.177. The quantitative estimate of drug-likeness (QED) is 0.834. The van der Waals surface area contributed by atoms with E-state index in [1.54, 1.807) is 11.3 Å². The Bertz CT molecular complexity index is 509. The van der Waals surface area contributed by atoms with E-state index in [1.807, 2.05) is 17.2 Å². The minimum Gasteiger partial charge on any atom is -0.377 e. The first-order chi connectivity index (χ1) is 9.25. The Balaban J connectivity index is 1.82. The molecule has 0 spiro atoms. The molecule has 1 amide bonds. The van der Waals surface area contributed by atoms with Gasteiger partial charge in [0.05, 0.1) is 30.0 Å². The largest absolute Gasteiger partial charge is 0.377 e. The number of carbonyl (C=O) groups excluding carboxylic acids is 1. The molecule has 0 N–H and O–H groups in total. The van der Waals surface area contributed by atoms with Crippen molar-refractivity contribution in [2.75, 3.05) is 19.8 Å². The molecule has 0 radical (unpaired) electrons. The molecule has 0 bridgehead atoms. The van der Waals surface area contributed by atoms with Crippen LogP contribution in [0.15, 0.2) is 17.0 Å². The van der Waals surface area contributed by atoms with Gasteiger partial charge in [0, 0.05) is 17.5 Å². The molecule has 1 aromatic rings. The summed E-state index contributed by atoms with van der Waals surface area (Å²) in [7, 11) is 0. The van der Waals surface area contributed by atoms with Crippen LogP contribution in [0, 0.1) is 6.92 Å². The van der Waals surface area contributed by atoms with E-state index < -0.39 is 0 Å². The second-order valence-electron chi connectivity index (χ2n) is 5.00. The molecule has 1 aromatic heterocycles. The number of carbonyl (C=O) groups is 1. The molecule has 4 nitrogen and oxygen atoms in total. The number of thiazole rings is 1. The van der Waals surface area contributed by atoms with Crippen LogP contribution in [-0.2, 0) is 9.53 Å². The number of aryl methyl sites for hydroxylation is 1. The number of amides is 1. The van der Waals surface area contributed by atoms with Gasteiger partial charge in [0.25, 0.3) is 0 Å². The smallest absolute Gasteiger partial charge is 0.250 e. The number of rotatable bonds is 2. The summed E-state index contributed by atoms with van der Waals surface area (Å²) >= 11 is 1.62. The third kappa shape index (κ3) is 2.58. The van der Waals surface area contributed by atoms with Crippen LogP contribution >= 0.6 is 11.3 Å². The predicted molar refractivity (Wildman–Crippen MR) is 74.1 cm³/mol. The first-order valence-electron chi connectivity index (χ1n) is 6.75. The lowest BCUT2D eigenvalue weighted by atomic mass is 10.1. The maximum atomic E-state index is 12.6. The van der Waals surface area contributed by atoms with Crippen LogP contribution in [0.25, 0.3) is 0 Å². The van der Waals surface area contributed by atoms with E-state index in [-0.39, 0.29) is 11.9 Å². The highest BCUT2D eigenvalue weighted by Crippen LogP contribution is 2.29. The average molecular weight is 278 g/mol. The van der Waals surface area contributed by atoms with Gasteiger partial charge >= 0.3 is 0 Å². The summed E-state index contributed by atoms with van der Waals surface area (Å²) in [6, 6.07) is -0.0206. The van der Waals surface area contributed by atoms with Crippen molar-refractivity contribution in [3.05, 3.63) is 27.7 Å². The summed E-state index contributed by atoms with van der Waals surface area (Å²) in [5, 5.41) is 3.07. The molecule has 102 valence electrons. The second kappa shape index (κ2) is 5.43. The van der Waals surface area contributed by atoms with E-state index >= 15 is 0 Å². The lowest BCUT2D eigenvalue weighted by Crippen LogP contribution is -2.44. The van der Waals surface area contributed by atoms with Gasteiger partial charge in [-0.3, -0.25) is 4.79 Å². The van der Waals surface area contributed by atoms with Gasteiger partial charge in [0.1, 0.15) is 0 Å². The molecule has 1 aliphatic carbocycles. The Morgan fingerprint density at radius 2 is 2.47 bits per heavy atom. The molecule has 0 unspecified atom stereocenters. The van der Waals surface area contributed by atoms with Crippen molar-refractivity contribution in [3.8, 4) is 0 Å². The van der Waals surface area contributed by atoms with Crippen molar-refractivity contribution in [2.24, 2.45) is 0 Å². The van der Waals surface area contributed by atoms with Crippen molar-refractivity contribution < 1.29 is 9.53 Å². The van der Waals surface area contributed by atoms with Crippen LogP contribution in [-0.4, -0.2) is 35.5 Å². The van der Waals surface area contributed by atoms with E-state index in [2.05, 4.69) is 11.1 Å². The summed E-state index contributed by atoms with van der Waals surface area (Å²) in [5.41, 5.74) is 1.94. The number of ether oxygens (including phenoxy) is 1. The third-order valence-corrected chi connectivity index (χ3v) is 4.47. The van der Waals surface area contributed by atoms with Gasteiger partial charge in [-0.25, -0.2) is 4.98 Å². The van der Waals surface area contributed by atoms with E-state index in [0.29, 0.717) is 19.8 Å². The molecule has 1 aliphatic heterocycles. The molecular weight excluding hydrogens is 260 g/mol. The van der Waals surface area contributed by atoms with Gasteiger partial charge in [0.15, 0.2) is 0 Å². The van der Waals surface area contributed by atoms with Crippen molar-refractivity contribution in [3.63, 3.8) is 0 Å². The van der Waals surface area contributed by atoms with E-state index in [1.165, 1.54) is 0 Å². The number of morpholine rings is 1. The number of aromatic nitrogens is 1. The van der Waals surface area contributed by atoms with Gasteiger partial charge in [0.2, 0.25) is 5.91 Å². The molecule has 0 aromatic carbocycles. The van der Waals surface area contributed by atoms with Crippen molar-refractivity contribution in [1.82, 2.24) is 9.88 Å². The maximum absolute atomic E-state index is 12.6. The fourth-order valence-corrected chi connectivity index (χ4v) is 3.33. The van der Waals surface area contributed by atoms with Gasteiger partial charge in [-0.1, -0.05) is 6.08 Å². The molecule has 19 heavy (non-hydrogen) atoms. The van der Waals surface area contributed by atoms with Gasteiger partial charge in [-0.2, -0.15) is 0 Å². The van der Waals surface area contributed by atoms with E-state index in [4.69, 9.17) is 4.74 Å². The van der Waals surface area contributed by atoms with Crippen LogP contribution in [0.1, 0.15) is 36.0 Å². The zero-order valence-corrected chi connectivity index (χ0v) is 11.9. The SMILES string of the molecule is Cc1nc([C@@H]2COCCN2C(=O)C2=CCCC2)cs1. The molecule has 1 saturated heterocycles. The fraction of sp³-hybridized carbons (Fsp3) is 0.571. The molecule has 5 heteroatoms. The topological polar surface area (TPSA) is 42.4 Å². The van der Waals surface area contributed by atoms with E-state index in [9.17, 15) is 4.79 Å². The zero-order valence-electron chi connectivity index (χ0n) is 11.1. The molecule has 2 aliphatic rings. The normalized spacial score (nSPS) is 23.5. The zero-order chi connectivity index (χ0) is 13.2. The third-order valence-electron chi connectivity index (χ3n) is 3.68. The number of nitrogens with zero attached hydrogens (tertiary/aromatic N) is 2. The number of allylic oxidation sites excluding steroid dienone is 1. The Morgan fingerprint density at radius 1 is 1.58 bits per heavy atom. The van der Waals surface area contributed by atoms with Crippen LogP contribution in [0.4, 0.5) is 0 Å². The number of hydrogen-bond acceptors (Lipinski definition) is 4. The predicted octanol–water partition coefficient (Wildman–Crippen LogP) is 2.46. The summed E-state index contributed by atoms with van der Waals surface area (Å²) < 4.78 is 5.54. The van der Waals surface area contributed by atoms with Crippen molar-refractivity contribution >= 4 is 17.2 Å². The minimum absolute atomic E-state index is 0.0206. The van der Waals surface area contributed by atoms with Crippen LogP contribution in [0.2, 0.25) is 0 Å². The van der Waals surface area contributed by atoms with E-state index in [0.717, 1.165) is 35.5 Å². The van der Waals surface area contributed by atoms with Gasteiger partial charge in [-0.05, 0) is 26.2 Å². The Hall–Kier alpha value is -1.20. The number of hydrogen-bond donors (Lipinski definition) is 0. The molecule has 0 saturated carbocycles. The van der Waals surface area contributed by atoms with Gasteiger partial charge < -0.3 is 9.64 Å². The lowest BCUT2D eigenvalue weighted by Gasteiger charge is -2.35. The molecule has 3 rings (SSSR count). The Morgan fingerprint density at radius 3 is 3.16 bits per heavy atom. The van der Waals surface area contributed by atoms with Crippen LogP contribution in [0.5, 0.6) is 0 Å². The minimum atomic E-state index is -0.0206. The monoisotopic (exact) mass is 278 g/mol. The molecule has 1 fully saturated rings. The summed E-state index contributed by atoms with van der Waals surface area (Å²) in [6.45, 7) is 3.84. The Labute approximate surface area is 117 Å². The fourth-order valence-electron chi connectivity index (χ4n) is 2.67. The molecule has 2 heterocycles. The highest BCUT2D eigenvalue weighted by Gasteiger charge is 2.32. The highest BCUT2D eigenvalue weighted by molar-refractivity contribution is 7.09. The highest BCUT2D eigenvalue weighted by atomic mass is 32.1. The molecular formula is C14H18N2O2S. The average Bonchev–Trinajstić information content (AvgIpc) is 3.09. The van der Waals surface area contributed by atoms with Crippen LogP contribution in [0.3, 0.4) is 0 Å². The van der Waals surface area contributed by atoms with Crippen molar-refractivity contribution in [2.45, 2.75) is 32.2 Å². The summed E-state index contributed by atoms with van der Waals surface area (Å²) in [4.78, 5) is 19.0. The van der Waals surface area contributed by atoms with Crippen molar-refractivity contribution in [1.29, 1.82) is 0 Å². The van der Waals surface area contributed by atoms with Gasteiger partial charge in [-0.15, -0.1) is 11.3 Å². The summed E-state index contributed by atoms with van der Waals surface area (Å²) in [6.07, 6.45) is 5.14. The lowest BCUT2D eigenvalue weighted by molar-refractivity contribution is -0.136. The standard InChI is InChI=1S/C14H18N2O2S/c1-10-15-12(9-19-10)13-8-18-7-6-16(13)14(17)11-4-2-3-5-11/h4,9,13H,2-3,5-8H2,1H3/t13-/m0/s1. The molecule has 1 atom stereocenters. The maximum Gasteiger partial charge on any atom is 0.250 e. The first kappa shape index (κ1) is 12.8. The first-order valence-corrected chi connectivity index (χ1v) is 7.63. The Kier molecular flexibility index (Phi) is 3.66.